The van der Waals surface area contributed by atoms with E-state index in [-0.39, 0.29) is 11.4 Å². The number of halogens is 1. The Morgan fingerprint density at radius 3 is 2.76 bits per heavy atom. The Morgan fingerprint density at radius 1 is 1.21 bits per heavy atom. The highest BCUT2D eigenvalue weighted by Crippen LogP contribution is 2.46. The third-order valence-corrected chi connectivity index (χ3v) is 8.50. The monoisotopic (exact) mass is 537 g/mol. The zero-order valence-electron chi connectivity index (χ0n) is 22.9. The maximum atomic E-state index is 13.0. The summed E-state index contributed by atoms with van der Waals surface area (Å²) >= 11 is 6.39. The van der Waals surface area contributed by atoms with Crippen LogP contribution in [0.15, 0.2) is 49.1 Å². The first kappa shape index (κ1) is 27.1. The van der Waals surface area contributed by atoms with Crippen LogP contribution in [-0.2, 0) is 21.3 Å². The summed E-state index contributed by atoms with van der Waals surface area (Å²) in [5.74, 6) is 1.58. The molecule has 0 N–H and O–H groups in total. The van der Waals surface area contributed by atoms with Gasteiger partial charge in [-0.05, 0) is 106 Å². The van der Waals surface area contributed by atoms with E-state index >= 15 is 0 Å². The zero-order valence-corrected chi connectivity index (χ0v) is 23.7. The van der Waals surface area contributed by atoms with Crippen LogP contribution in [0.25, 0.3) is 0 Å². The second-order valence-electron chi connectivity index (χ2n) is 12.2. The van der Waals surface area contributed by atoms with Gasteiger partial charge in [0.1, 0.15) is 11.4 Å². The number of carbonyl (C=O) groups excluding carboxylic acids is 1. The van der Waals surface area contributed by atoms with E-state index in [1.807, 2.05) is 51.1 Å². The van der Waals surface area contributed by atoms with Crippen molar-refractivity contribution >= 4 is 23.3 Å². The second-order valence-corrected chi connectivity index (χ2v) is 12.6. The predicted octanol–water partition coefficient (Wildman–Crippen LogP) is 7.00. The minimum atomic E-state index is -0.554. The lowest BCUT2D eigenvalue weighted by Gasteiger charge is -2.44. The van der Waals surface area contributed by atoms with Crippen molar-refractivity contribution in [2.45, 2.75) is 63.9 Å². The van der Waals surface area contributed by atoms with Crippen molar-refractivity contribution in [3.63, 3.8) is 0 Å². The van der Waals surface area contributed by atoms with Crippen LogP contribution in [-0.4, -0.2) is 44.5 Å². The van der Waals surface area contributed by atoms with Gasteiger partial charge in [-0.1, -0.05) is 23.7 Å². The van der Waals surface area contributed by atoms with Gasteiger partial charge in [0.2, 0.25) is 0 Å². The van der Waals surface area contributed by atoms with Gasteiger partial charge in [0.15, 0.2) is 0 Å². The van der Waals surface area contributed by atoms with Crippen LogP contribution in [0.4, 0.5) is 5.69 Å². The van der Waals surface area contributed by atoms with Gasteiger partial charge in [-0.15, -0.1) is 6.58 Å². The molecule has 2 aromatic carbocycles. The summed E-state index contributed by atoms with van der Waals surface area (Å²) in [7, 11) is 0. The SMILES string of the molecule is C=CCOC[C@@H]1CC[C@H]1CN1CC2(CCCc3cc(Cl)ccc32)COc2ccc(C(=O)OC(C)(C)C)cc21. The highest BCUT2D eigenvalue weighted by molar-refractivity contribution is 6.30. The topological polar surface area (TPSA) is 48.0 Å². The number of aryl methyl sites for hydroxylation is 1. The quantitative estimate of drug-likeness (QED) is 0.216. The second kappa shape index (κ2) is 10.9. The summed E-state index contributed by atoms with van der Waals surface area (Å²) in [6, 6.07) is 12.1. The first-order chi connectivity index (χ1) is 18.2. The van der Waals surface area contributed by atoms with Crippen LogP contribution in [0.5, 0.6) is 5.75 Å². The summed E-state index contributed by atoms with van der Waals surface area (Å²) < 4.78 is 18.1. The van der Waals surface area contributed by atoms with E-state index in [4.69, 9.17) is 25.8 Å². The van der Waals surface area contributed by atoms with Gasteiger partial charge in [0, 0.05) is 23.5 Å². The number of esters is 1. The lowest BCUT2D eigenvalue weighted by atomic mass is 9.69. The van der Waals surface area contributed by atoms with Crippen molar-refractivity contribution in [3.8, 4) is 5.75 Å². The standard InChI is InChI=1S/C32H40ClNO4/c1-5-15-36-19-25-9-8-24(25)18-34-20-32(14-6-7-22-16-26(33)11-12-27(22)32)21-37-29-13-10-23(17-28(29)34)30(35)38-31(2,3)4/h5,10-13,16-17,24-25H,1,6-9,14-15,18-21H2,2-4H3/t24-,25-,32?/m0/s1. The minimum Gasteiger partial charge on any atom is -0.490 e. The molecule has 2 aliphatic carbocycles. The average Bonchev–Trinajstić information content (AvgIpc) is 3.00. The summed E-state index contributed by atoms with van der Waals surface area (Å²) in [5, 5.41) is 0.786. The molecule has 0 bridgehead atoms. The molecule has 2 aromatic rings. The molecule has 3 atom stereocenters. The van der Waals surface area contributed by atoms with E-state index in [9.17, 15) is 4.79 Å². The molecule has 204 valence electrons. The number of hydrogen-bond acceptors (Lipinski definition) is 5. The van der Waals surface area contributed by atoms with E-state index < -0.39 is 5.60 Å². The highest BCUT2D eigenvalue weighted by atomic mass is 35.5. The summed E-state index contributed by atoms with van der Waals surface area (Å²) in [6.45, 7) is 13.2. The zero-order chi connectivity index (χ0) is 26.9. The van der Waals surface area contributed by atoms with Crippen LogP contribution in [0, 0.1) is 11.8 Å². The van der Waals surface area contributed by atoms with Crippen molar-refractivity contribution < 1.29 is 19.0 Å². The number of nitrogens with zero attached hydrogens (tertiary/aromatic N) is 1. The van der Waals surface area contributed by atoms with Crippen molar-refractivity contribution in [2.75, 3.05) is 37.8 Å². The first-order valence-electron chi connectivity index (χ1n) is 13.9. The molecule has 5 rings (SSSR count). The predicted molar refractivity (Wildman–Crippen MR) is 153 cm³/mol. The normalized spacial score (nSPS) is 24.5. The van der Waals surface area contributed by atoms with Crippen molar-refractivity contribution in [1.82, 2.24) is 0 Å². The van der Waals surface area contributed by atoms with Crippen molar-refractivity contribution in [3.05, 3.63) is 70.8 Å². The molecular formula is C32H40ClNO4. The molecule has 6 heteroatoms. The Bertz CT molecular complexity index is 1190. The third kappa shape index (κ3) is 5.74. The number of anilines is 1. The highest BCUT2D eigenvalue weighted by Gasteiger charge is 2.43. The smallest absolute Gasteiger partial charge is 0.338 e. The first-order valence-corrected chi connectivity index (χ1v) is 14.3. The number of hydrogen-bond donors (Lipinski definition) is 0. The molecule has 0 aromatic heterocycles. The molecule has 0 amide bonds. The van der Waals surface area contributed by atoms with E-state index in [0.29, 0.717) is 30.6 Å². The molecule has 5 nitrogen and oxygen atoms in total. The number of benzene rings is 2. The van der Waals surface area contributed by atoms with Gasteiger partial charge in [-0.25, -0.2) is 4.79 Å². The van der Waals surface area contributed by atoms with E-state index in [0.717, 1.165) is 55.4 Å². The van der Waals surface area contributed by atoms with Gasteiger partial charge < -0.3 is 19.1 Å². The Hall–Kier alpha value is -2.50. The Morgan fingerprint density at radius 2 is 2.03 bits per heavy atom. The fraction of sp³-hybridized carbons (Fsp3) is 0.531. The molecule has 0 saturated heterocycles. The molecule has 1 aliphatic heterocycles. The molecule has 1 unspecified atom stereocenters. The molecule has 1 saturated carbocycles. The van der Waals surface area contributed by atoms with Crippen LogP contribution < -0.4 is 9.64 Å². The molecule has 1 spiro atoms. The van der Waals surface area contributed by atoms with Gasteiger partial charge in [0.05, 0.1) is 31.1 Å². The molecule has 0 radical (unpaired) electrons. The van der Waals surface area contributed by atoms with Crippen LogP contribution in [0.3, 0.4) is 0 Å². The van der Waals surface area contributed by atoms with Crippen LogP contribution in [0.2, 0.25) is 5.02 Å². The Balaban J connectivity index is 1.49. The van der Waals surface area contributed by atoms with Crippen molar-refractivity contribution in [2.24, 2.45) is 11.8 Å². The van der Waals surface area contributed by atoms with Gasteiger partial charge >= 0.3 is 5.97 Å². The largest absolute Gasteiger partial charge is 0.490 e. The number of carbonyl (C=O) groups is 1. The lowest BCUT2D eigenvalue weighted by Crippen LogP contribution is -2.48. The van der Waals surface area contributed by atoms with Crippen LogP contribution in [0.1, 0.15) is 67.9 Å². The maximum absolute atomic E-state index is 13.0. The molecule has 38 heavy (non-hydrogen) atoms. The van der Waals surface area contributed by atoms with E-state index in [2.05, 4.69) is 23.6 Å². The summed E-state index contributed by atoms with van der Waals surface area (Å²) in [6.07, 6.45) is 7.37. The van der Waals surface area contributed by atoms with Crippen LogP contribution >= 0.6 is 11.6 Å². The maximum Gasteiger partial charge on any atom is 0.338 e. The minimum absolute atomic E-state index is 0.137. The van der Waals surface area contributed by atoms with Gasteiger partial charge in [0.25, 0.3) is 0 Å². The molecule has 1 heterocycles. The molecule has 1 fully saturated rings. The fourth-order valence-corrected chi connectivity index (χ4v) is 6.46. The van der Waals surface area contributed by atoms with E-state index in [1.54, 1.807) is 0 Å². The third-order valence-electron chi connectivity index (χ3n) is 8.27. The van der Waals surface area contributed by atoms with Gasteiger partial charge in [-0.2, -0.15) is 0 Å². The number of rotatable bonds is 7. The number of fused-ring (bicyclic) bond motifs is 3. The lowest BCUT2D eigenvalue weighted by molar-refractivity contribution is 0.00695. The summed E-state index contributed by atoms with van der Waals surface area (Å²) in [4.78, 5) is 15.5. The fourth-order valence-electron chi connectivity index (χ4n) is 6.26. The number of ether oxygens (including phenoxy) is 3. The summed E-state index contributed by atoms with van der Waals surface area (Å²) in [5.41, 5.74) is 3.51. The molecule has 3 aliphatic rings. The van der Waals surface area contributed by atoms with E-state index in [1.165, 1.54) is 24.0 Å². The Labute approximate surface area is 232 Å². The molecular weight excluding hydrogens is 498 g/mol. The Kier molecular flexibility index (Phi) is 7.79. The average molecular weight is 538 g/mol. The van der Waals surface area contributed by atoms with Crippen molar-refractivity contribution in [1.29, 1.82) is 0 Å². The van der Waals surface area contributed by atoms with Gasteiger partial charge in [-0.3, -0.25) is 0 Å².